The first kappa shape index (κ1) is 15.3. The fraction of sp³-hybridized carbons (Fsp3) is 0.188. The number of carbonyl (C=O) groups excluding carboxylic acids is 1. The maximum Gasteiger partial charge on any atom is 0.262 e. The van der Waals surface area contributed by atoms with E-state index in [4.69, 9.17) is 10.5 Å². The molecular formula is C16H18N2O2S. The summed E-state index contributed by atoms with van der Waals surface area (Å²) in [6, 6.07) is 13.1. The second kappa shape index (κ2) is 7.04. The Hall–Kier alpha value is -2.14. The van der Waals surface area contributed by atoms with Crippen LogP contribution >= 0.6 is 11.8 Å². The van der Waals surface area contributed by atoms with Crippen molar-refractivity contribution in [3.05, 3.63) is 48.0 Å². The Labute approximate surface area is 128 Å². The van der Waals surface area contributed by atoms with Crippen LogP contribution in [0.1, 0.15) is 5.56 Å². The molecule has 0 bridgehead atoms. The number of nitrogen functional groups attached to an aromatic ring is 1. The molecule has 3 N–H and O–H groups in total. The lowest BCUT2D eigenvalue weighted by atomic mass is 10.1. The number of hydrogen-bond donors (Lipinski definition) is 2. The number of hydrogen-bond acceptors (Lipinski definition) is 4. The number of nitrogens with two attached hydrogens (primary N) is 1. The van der Waals surface area contributed by atoms with Crippen LogP contribution in [0, 0.1) is 6.92 Å². The molecule has 0 aromatic heterocycles. The molecule has 2 aromatic carbocycles. The zero-order chi connectivity index (χ0) is 15.2. The molecule has 110 valence electrons. The number of carbonyl (C=O) groups is 1. The predicted octanol–water partition coefficient (Wildman–Crippen LogP) is 3.32. The van der Waals surface area contributed by atoms with E-state index in [9.17, 15) is 4.79 Å². The molecule has 0 aliphatic rings. The SMILES string of the molecule is CSc1ccc(OCC(=O)Nc2c(C)cccc2N)cc1. The van der Waals surface area contributed by atoms with Crippen LogP contribution < -0.4 is 15.8 Å². The van der Waals surface area contributed by atoms with Gasteiger partial charge in [-0.1, -0.05) is 12.1 Å². The van der Waals surface area contributed by atoms with Gasteiger partial charge in [-0.3, -0.25) is 4.79 Å². The van der Waals surface area contributed by atoms with Gasteiger partial charge >= 0.3 is 0 Å². The number of aryl methyl sites for hydroxylation is 1. The zero-order valence-electron chi connectivity index (χ0n) is 12.1. The molecule has 0 aliphatic heterocycles. The van der Waals surface area contributed by atoms with Crippen molar-refractivity contribution in [3.8, 4) is 5.75 Å². The molecule has 21 heavy (non-hydrogen) atoms. The fourth-order valence-corrected chi connectivity index (χ4v) is 2.27. The van der Waals surface area contributed by atoms with Crippen LogP contribution in [0.2, 0.25) is 0 Å². The lowest BCUT2D eigenvalue weighted by molar-refractivity contribution is -0.118. The fourth-order valence-electron chi connectivity index (χ4n) is 1.86. The monoisotopic (exact) mass is 302 g/mol. The van der Waals surface area contributed by atoms with Gasteiger partial charge in [-0.25, -0.2) is 0 Å². The summed E-state index contributed by atoms with van der Waals surface area (Å²) < 4.78 is 5.46. The van der Waals surface area contributed by atoms with E-state index in [0.717, 1.165) is 10.5 Å². The summed E-state index contributed by atoms with van der Waals surface area (Å²) in [5, 5.41) is 2.78. The van der Waals surface area contributed by atoms with Crippen LogP contribution in [-0.2, 0) is 4.79 Å². The average Bonchev–Trinajstić information content (AvgIpc) is 2.49. The number of rotatable bonds is 5. The van der Waals surface area contributed by atoms with Crippen LogP contribution in [0.3, 0.4) is 0 Å². The summed E-state index contributed by atoms with van der Waals surface area (Å²) in [5.74, 6) is 0.436. The highest BCUT2D eigenvalue weighted by molar-refractivity contribution is 7.98. The van der Waals surface area contributed by atoms with Gasteiger partial charge in [-0.05, 0) is 49.1 Å². The Morgan fingerprint density at radius 3 is 2.57 bits per heavy atom. The topological polar surface area (TPSA) is 64.3 Å². The van der Waals surface area contributed by atoms with Gasteiger partial charge in [0.25, 0.3) is 5.91 Å². The van der Waals surface area contributed by atoms with Crippen LogP contribution in [0.5, 0.6) is 5.75 Å². The van der Waals surface area contributed by atoms with Crippen molar-refractivity contribution in [2.24, 2.45) is 0 Å². The molecule has 2 aromatic rings. The van der Waals surface area contributed by atoms with E-state index in [2.05, 4.69) is 5.32 Å². The Bertz CT molecular complexity index is 606. The van der Waals surface area contributed by atoms with Gasteiger partial charge in [0.05, 0.1) is 11.4 Å². The van der Waals surface area contributed by atoms with E-state index in [1.54, 1.807) is 17.8 Å². The molecule has 1 amide bonds. The second-order valence-corrected chi connectivity index (χ2v) is 5.43. The summed E-state index contributed by atoms with van der Waals surface area (Å²) >= 11 is 1.66. The Morgan fingerprint density at radius 2 is 1.95 bits per heavy atom. The number of para-hydroxylation sites is 1. The number of amides is 1. The third-order valence-electron chi connectivity index (χ3n) is 3.00. The van der Waals surface area contributed by atoms with Crippen LogP contribution in [0.15, 0.2) is 47.4 Å². The number of anilines is 2. The van der Waals surface area contributed by atoms with Gasteiger partial charge in [0.2, 0.25) is 0 Å². The molecule has 0 atom stereocenters. The van der Waals surface area contributed by atoms with E-state index in [-0.39, 0.29) is 12.5 Å². The first-order valence-electron chi connectivity index (χ1n) is 6.52. The number of thioether (sulfide) groups is 1. The first-order valence-corrected chi connectivity index (χ1v) is 7.74. The molecule has 4 nitrogen and oxygen atoms in total. The minimum absolute atomic E-state index is 0.0492. The number of benzene rings is 2. The first-order chi connectivity index (χ1) is 10.1. The molecule has 0 aliphatic carbocycles. The summed E-state index contributed by atoms with van der Waals surface area (Å²) in [5.41, 5.74) is 7.97. The lowest BCUT2D eigenvalue weighted by Crippen LogP contribution is -2.21. The summed E-state index contributed by atoms with van der Waals surface area (Å²) in [6.07, 6.45) is 2.01. The van der Waals surface area contributed by atoms with Crippen LogP contribution in [0.25, 0.3) is 0 Å². The average molecular weight is 302 g/mol. The van der Waals surface area contributed by atoms with E-state index >= 15 is 0 Å². The normalized spacial score (nSPS) is 10.2. The van der Waals surface area contributed by atoms with Gasteiger partial charge in [-0.2, -0.15) is 0 Å². The van der Waals surface area contributed by atoms with E-state index in [1.165, 1.54) is 0 Å². The highest BCUT2D eigenvalue weighted by Gasteiger charge is 2.08. The molecule has 5 heteroatoms. The zero-order valence-corrected chi connectivity index (χ0v) is 12.9. The van der Waals surface area contributed by atoms with Crippen molar-refractivity contribution in [1.82, 2.24) is 0 Å². The smallest absolute Gasteiger partial charge is 0.262 e. The molecule has 2 rings (SSSR count). The molecule has 0 fully saturated rings. The molecule has 0 radical (unpaired) electrons. The molecule has 0 heterocycles. The van der Waals surface area contributed by atoms with E-state index < -0.39 is 0 Å². The van der Waals surface area contributed by atoms with E-state index in [1.807, 2.05) is 49.6 Å². The van der Waals surface area contributed by atoms with Crippen LogP contribution in [-0.4, -0.2) is 18.8 Å². The maximum absolute atomic E-state index is 11.9. The Kier molecular flexibility index (Phi) is 5.11. The molecule has 0 unspecified atom stereocenters. The molecule has 0 saturated carbocycles. The van der Waals surface area contributed by atoms with Crippen molar-refractivity contribution in [1.29, 1.82) is 0 Å². The number of ether oxygens (including phenoxy) is 1. The minimum Gasteiger partial charge on any atom is -0.484 e. The van der Waals surface area contributed by atoms with E-state index in [0.29, 0.717) is 17.1 Å². The van der Waals surface area contributed by atoms with Crippen molar-refractivity contribution >= 4 is 29.0 Å². The quantitative estimate of drug-likeness (QED) is 0.657. The van der Waals surface area contributed by atoms with Crippen molar-refractivity contribution in [2.75, 3.05) is 23.9 Å². The van der Waals surface area contributed by atoms with Crippen molar-refractivity contribution in [2.45, 2.75) is 11.8 Å². The van der Waals surface area contributed by atoms with Gasteiger partial charge in [0.15, 0.2) is 6.61 Å². The summed E-state index contributed by atoms with van der Waals surface area (Å²) in [7, 11) is 0. The molecule has 0 spiro atoms. The molecular weight excluding hydrogens is 284 g/mol. The largest absolute Gasteiger partial charge is 0.484 e. The minimum atomic E-state index is -0.232. The lowest BCUT2D eigenvalue weighted by Gasteiger charge is -2.11. The molecule has 0 saturated heterocycles. The standard InChI is InChI=1S/C16H18N2O2S/c1-11-4-3-5-14(17)16(11)18-15(19)10-20-12-6-8-13(21-2)9-7-12/h3-9H,10,17H2,1-2H3,(H,18,19). The second-order valence-electron chi connectivity index (χ2n) is 4.55. The summed E-state index contributed by atoms with van der Waals surface area (Å²) in [6.45, 7) is 1.85. The number of nitrogens with one attached hydrogen (secondary N) is 1. The third kappa shape index (κ3) is 4.16. The third-order valence-corrected chi connectivity index (χ3v) is 3.74. The Balaban J connectivity index is 1.92. The Morgan fingerprint density at radius 1 is 1.24 bits per heavy atom. The maximum atomic E-state index is 11.9. The van der Waals surface area contributed by atoms with Gasteiger partial charge in [-0.15, -0.1) is 11.8 Å². The summed E-state index contributed by atoms with van der Waals surface area (Å²) in [4.78, 5) is 13.1. The predicted molar refractivity (Wildman–Crippen MR) is 87.9 cm³/mol. The van der Waals surface area contributed by atoms with Crippen LogP contribution in [0.4, 0.5) is 11.4 Å². The van der Waals surface area contributed by atoms with Crippen molar-refractivity contribution < 1.29 is 9.53 Å². The van der Waals surface area contributed by atoms with Gasteiger partial charge in [0.1, 0.15) is 5.75 Å². The van der Waals surface area contributed by atoms with Gasteiger partial charge in [0, 0.05) is 4.90 Å². The van der Waals surface area contributed by atoms with Gasteiger partial charge < -0.3 is 15.8 Å². The van der Waals surface area contributed by atoms with Crippen molar-refractivity contribution in [3.63, 3.8) is 0 Å². The highest BCUT2D eigenvalue weighted by atomic mass is 32.2. The highest BCUT2D eigenvalue weighted by Crippen LogP contribution is 2.22.